The highest BCUT2D eigenvalue weighted by atomic mass is 15.0. The summed E-state index contributed by atoms with van der Waals surface area (Å²) in [5.41, 5.74) is 2.77. The van der Waals surface area contributed by atoms with E-state index < -0.39 is 0 Å². The van der Waals surface area contributed by atoms with Crippen molar-refractivity contribution >= 4 is 39.5 Å². The van der Waals surface area contributed by atoms with Gasteiger partial charge in [-0.15, -0.1) is 0 Å². The van der Waals surface area contributed by atoms with E-state index in [4.69, 9.17) is 4.98 Å². The maximum absolute atomic E-state index is 4.94. The first-order valence-electron chi connectivity index (χ1n) is 8.78. The van der Waals surface area contributed by atoms with E-state index in [1.54, 1.807) is 12.4 Å². The fourth-order valence-corrected chi connectivity index (χ4v) is 3.31. The predicted octanol–water partition coefficient (Wildman–Crippen LogP) is 3.62. The Balaban J connectivity index is 1.69. The van der Waals surface area contributed by atoms with Gasteiger partial charge in [0, 0.05) is 46.5 Å². The zero-order valence-electron chi connectivity index (χ0n) is 14.5. The lowest BCUT2D eigenvalue weighted by atomic mass is 10.0. The molecule has 3 aromatic heterocycles. The molecule has 1 aliphatic heterocycles. The van der Waals surface area contributed by atoms with Gasteiger partial charge in [-0.05, 0) is 24.3 Å². The molecule has 0 fully saturated rings. The molecule has 0 bridgehead atoms. The molecule has 5 rings (SSSR count). The first-order chi connectivity index (χ1) is 13.4. The number of nitrogens with zero attached hydrogens (tertiary/aromatic N) is 5. The molecule has 6 heteroatoms. The van der Waals surface area contributed by atoms with E-state index in [1.165, 1.54) is 0 Å². The average molecular weight is 352 g/mol. The monoisotopic (exact) mass is 352 g/mol. The molecule has 1 aromatic carbocycles. The maximum Gasteiger partial charge on any atom is 0.156 e. The van der Waals surface area contributed by atoms with Crippen LogP contribution in [0.25, 0.3) is 21.7 Å². The minimum atomic E-state index is 0.595. The largest absolute Gasteiger partial charge is 0.364 e. The van der Waals surface area contributed by atoms with Crippen molar-refractivity contribution in [2.75, 3.05) is 11.9 Å². The fourth-order valence-electron chi connectivity index (χ4n) is 3.31. The Morgan fingerprint density at radius 3 is 2.78 bits per heavy atom. The van der Waals surface area contributed by atoms with Crippen molar-refractivity contribution in [2.45, 2.75) is 6.54 Å². The van der Waals surface area contributed by atoms with Crippen LogP contribution in [0.5, 0.6) is 0 Å². The van der Waals surface area contributed by atoms with Gasteiger partial charge < -0.3 is 5.32 Å². The van der Waals surface area contributed by atoms with Crippen LogP contribution in [0.2, 0.25) is 0 Å². The van der Waals surface area contributed by atoms with Gasteiger partial charge in [-0.2, -0.15) is 0 Å². The van der Waals surface area contributed by atoms with Gasteiger partial charge in [-0.25, -0.2) is 9.98 Å². The van der Waals surface area contributed by atoms with E-state index in [9.17, 15) is 0 Å². The lowest BCUT2D eigenvalue weighted by Gasteiger charge is -2.13. The number of aromatic nitrogens is 3. The molecule has 27 heavy (non-hydrogen) atoms. The summed E-state index contributed by atoms with van der Waals surface area (Å²) in [4.78, 5) is 22.5. The molecule has 1 aliphatic rings. The zero-order chi connectivity index (χ0) is 18.1. The predicted molar refractivity (Wildman–Crippen MR) is 109 cm³/mol. The number of fused-ring (bicyclic) bond motifs is 3. The van der Waals surface area contributed by atoms with Gasteiger partial charge in [-0.1, -0.05) is 18.2 Å². The van der Waals surface area contributed by atoms with E-state index in [-0.39, 0.29) is 0 Å². The standard InChI is InChI=1S/C21H16N6/c1-2-8-23-14(4-1)12-26-21-16-7-9-22-13-18(16)15-5-3-6-17(19(15)27-21)20-24-10-11-25-20/h1-10,13H,11-12H2,(H,26,27). The average Bonchev–Trinajstić information content (AvgIpc) is 3.27. The van der Waals surface area contributed by atoms with Crippen LogP contribution in [-0.4, -0.2) is 33.5 Å². The smallest absolute Gasteiger partial charge is 0.156 e. The van der Waals surface area contributed by atoms with Crippen molar-refractivity contribution < 1.29 is 0 Å². The van der Waals surface area contributed by atoms with Crippen LogP contribution >= 0.6 is 0 Å². The Hall–Kier alpha value is -3.67. The zero-order valence-corrected chi connectivity index (χ0v) is 14.5. The summed E-state index contributed by atoms with van der Waals surface area (Å²) >= 11 is 0. The van der Waals surface area contributed by atoms with E-state index in [1.807, 2.05) is 48.8 Å². The summed E-state index contributed by atoms with van der Waals surface area (Å²) in [6.45, 7) is 1.21. The summed E-state index contributed by atoms with van der Waals surface area (Å²) in [5.74, 6) is 1.53. The Labute approximate surface area is 155 Å². The van der Waals surface area contributed by atoms with Gasteiger partial charge >= 0.3 is 0 Å². The quantitative estimate of drug-likeness (QED) is 0.569. The van der Waals surface area contributed by atoms with Crippen molar-refractivity contribution in [2.24, 2.45) is 9.98 Å². The number of nitrogens with one attached hydrogen (secondary N) is 1. The Morgan fingerprint density at radius 2 is 1.93 bits per heavy atom. The number of hydrogen-bond acceptors (Lipinski definition) is 6. The second-order valence-electron chi connectivity index (χ2n) is 6.23. The van der Waals surface area contributed by atoms with Gasteiger partial charge in [0.05, 0.1) is 24.3 Å². The first-order valence-corrected chi connectivity index (χ1v) is 8.78. The number of anilines is 1. The molecule has 0 saturated carbocycles. The third-order valence-electron chi connectivity index (χ3n) is 4.57. The summed E-state index contributed by atoms with van der Waals surface area (Å²) in [7, 11) is 0. The molecule has 0 spiro atoms. The molecule has 0 amide bonds. The maximum atomic E-state index is 4.94. The van der Waals surface area contributed by atoms with Crippen LogP contribution in [-0.2, 0) is 6.54 Å². The number of hydrogen-bond donors (Lipinski definition) is 1. The van der Waals surface area contributed by atoms with E-state index >= 15 is 0 Å². The van der Waals surface area contributed by atoms with Crippen molar-refractivity contribution in [1.29, 1.82) is 0 Å². The van der Waals surface area contributed by atoms with E-state index in [0.717, 1.165) is 44.6 Å². The van der Waals surface area contributed by atoms with Crippen molar-refractivity contribution in [3.63, 3.8) is 0 Å². The Bertz CT molecular complexity index is 1200. The molecule has 4 heterocycles. The number of rotatable bonds is 4. The third-order valence-corrected chi connectivity index (χ3v) is 4.57. The summed E-state index contributed by atoms with van der Waals surface area (Å²) < 4.78 is 0. The molecule has 0 aliphatic carbocycles. The number of pyridine rings is 3. The van der Waals surface area contributed by atoms with E-state index in [2.05, 4.69) is 31.3 Å². The second-order valence-corrected chi connectivity index (χ2v) is 6.23. The molecule has 0 saturated heterocycles. The van der Waals surface area contributed by atoms with Gasteiger partial charge in [0.25, 0.3) is 0 Å². The molecular weight excluding hydrogens is 336 g/mol. The Kier molecular flexibility index (Phi) is 3.79. The van der Waals surface area contributed by atoms with E-state index in [0.29, 0.717) is 13.1 Å². The lowest BCUT2D eigenvalue weighted by molar-refractivity contribution is 1.04. The number of aliphatic imine (C=N–C) groups is 2. The molecule has 0 atom stereocenters. The topological polar surface area (TPSA) is 75.4 Å². The summed E-state index contributed by atoms with van der Waals surface area (Å²) in [6.07, 6.45) is 7.28. The fraction of sp³-hybridized carbons (Fsp3) is 0.0952. The van der Waals surface area contributed by atoms with Gasteiger partial charge in [0.1, 0.15) is 5.82 Å². The number of amidine groups is 1. The van der Waals surface area contributed by atoms with Gasteiger partial charge in [0.2, 0.25) is 0 Å². The first kappa shape index (κ1) is 15.6. The molecular formula is C21H16N6. The van der Waals surface area contributed by atoms with Crippen LogP contribution in [0.15, 0.2) is 71.0 Å². The molecule has 130 valence electrons. The molecule has 6 nitrogen and oxygen atoms in total. The van der Waals surface area contributed by atoms with Crippen LogP contribution in [0.3, 0.4) is 0 Å². The van der Waals surface area contributed by atoms with Gasteiger partial charge in [-0.3, -0.25) is 15.0 Å². The van der Waals surface area contributed by atoms with Crippen molar-refractivity contribution in [3.05, 3.63) is 72.3 Å². The van der Waals surface area contributed by atoms with Crippen molar-refractivity contribution in [1.82, 2.24) is 15.0 Å². The Morgan fingerprint density at radius 1 is 0.926 bits per heavy atom. The SMILES string of the molecule is C1=NC(c2cccc3c2nc(NCc2ccccn2)c2ccncc23)=NC1. The normalized spacial score (nSPS) is 13.3. The van der Waals surface area contributed by atoms with Crippen LogP contribution in [0, 0.1) is 0 Å². The molecule has 4 aromatic rings. The summed E-state index contributed by atoms with van der Waals surface area (Å²) in [6, 6.07) is 14.0. The summed E-state index contributed by atoms with van der Waals surface area (Å²) in [5, 5.41) is 6.56. The number of para-hydroxylation sites is 1. The molecule has 0 unspecified atom stereocenters. The highest BCUT2D eigenvalue weighted by Gasteiger charge is 2.15. The highest BCUT2D eigenvalue weighted by molar-refractivity contribution is 6.18. The lowest BCUT2D eigenvalue weighted by Crippen LogP contribution is -2.05. The van der Waals surface area contributed by atoms with Gasteiger partial charge in [0.15, 0.2) is 5.84 Å². The second kappa shape index (κ2) is 6.57. The number of benzene rings is 1. The van der Waals surface area contributed by atoms with Crippen LogP contribution in [0.1, 0.15) is 11.3 Å². The minimum Gasteiger partial charge on any atom is -0.364 e. The van der Waals surface area contributed by atoms with Crippen LogP contribution < -0.4 is 5.32 Å². The highest BCUT2D eigenvalue weighted by Crippen LogP contribution is 2.31. The third kappa shape index (κ3) is 2.81. The van der Waals surface area contributed by atoms with Crippen molar-refractivity contribution in [3.8, 4) is 0 Å². The minimum absolute atomic E-state index is 0.595. The molecule has 0 radical (unpaired) electrons. The molecule has 1 N–H and O–H groups in total. The van der Waals surface area contributed by atoms with Crippen LogP contribution in [0.4, 0.5) is 5.82 Å².